The van der Waals surface area contributed by atoms with Gasteiger partial charge in [0.05, 0.1) is 5.69 Å². The van der Waals surface area contributed by atoms with Gasteiger partial charge in [-0.15, -0.1) is 0 Å². The summed E-state index contributed by atoms with van der Waals surface area (Å²) in [6.45, 7) is 2.19. The van der Waals surface area contributed by atoms with Gasteiger partial charge in [0.1, 0.15) is 5.82 Å². The summed E-state index contributed by atoms with van der Waals surface area (Å²) in [7, 11) is 0. The predicted molar refractivity (Wildman–Crippen MR) is 88.1 cm³/mol. The van der Waals surface area contributed by atoms with E-state index in [1.165, 1.54) is 6.07 Å². The van der Waals surface area contributed by atoms with Crippen LogP contribution >= 0.6 is 0 Å². The SMILES string of the molecule is O=C(c1ccccc1)N1CCC2(CC1)CNc1c(F)cccc12. The Hall–Kier alpha value is -2.36. The van der Waals surface area contributed by atoms with Crippen LogP contribution in [-0.2, 0) is 5.41 Å². The van der Waals surface area contributed by atoms with Crippen LogP contribution in [0.5, 0.6) is 0 Å². The summed E-state index contributed by atoms with van der Waals surface area (Å²) in [5.41, 5.74) is 2.42. The van der Waals surface area contributed by atoms with Gasteiger partial charge in [-0.1, -0.05) is 30.3 Å². The van der Waals surface area contributed by atoms with Crippen LogP contribution in [0.4, 0.5) is 10.1 Å². The fourth-order valence-electron chi connectivity index (χ4n) is 3.85. The Labute approximate surface area is 135 Å². The van der Waals surface area contributed by atoms with Crippen LogP contribution in [0.15, 0.2) is 48.5 Å². The maximum Gasteiger partial charge on any atom is 0.253 e. The summed E-state index contributed by atoms with van der Waals surface area (Å²) in [5, 5.41) is 3.23. The highest BCUT2D eigenvalue weighted by atomic mass is 19.1. The van der Waals surface area contributed by atoms with E-state index in [1.54, 1.807) is 6.07 Å². The van der Waals surface area contributed by atoms with Gasteiger partial charge in [0.15, 0.2) is 0 Å². The number of halogens is 1. The highest BCUT2D eigenvalue weighted by Crippen LogP contribution is 2.44. The maximum atomic E-state index is 13.9. The van der Waals surface area contributed by atoms with Gasteiger partial charge in [-0.05, 0) is 36.6 Å². The number of fused-ring (bicyclic) bond motifs is 2. The number of piperidine rings is 1. The molecular weight excluding hydrogens is 291 g/mol. The summed E-state index contributed by atoms with van der Waals surface area (Å²) in [5.74, 6) is -0.0898. The van der Waals surface area contributed by atoms with Crippen molar-refractivity contribution in [3.63, 3.8) is 0 Å². The lowest BCUT2D eigenvalue weighted by Gasteiger charge is -2.39. The van der Waals surface area contributed by atoms with E-state index >= 15 is 0 Å². The third-order valence-corrected chi connectivity index (χ3v) is 5.22. The zero-order valence-electron chi connectivity index (χ0n) is 12.9. The summed E-state index contributed by atoms with van der Waals surface area (Å²) < 4.78 is 13.9. The summed E-state index contributed by atoms with van der Waals surface area (Å²) in [4.78, 5) is 14.5. The largest absolute Gasteiger partial charge is 0.382 e. The van der Waals surface area contributed by atoms with E-state index in [9.17, 15) is 9.18 Å². The van der Waals surface area contributed by atoms with Crippen molar-refractivity contribution in [2.24, 2.45) is 0 Å². The molecule has 4 rings (SSSR count). The highest BCUT2D eigenvalue weighted by molar-refractivity contribution is 5.94. The molecule has 2 aromatic carbocycles. The molecule has 1 amide bonds. The Morgan fingerprint density at radius 1 is 1.04 bits per heavy atom. The van der Waals surface area contributed by atoms with Crippen molar-refractivity contribution >= 4 is 11.6 Å². The third-order valence-electron chi connectivity index (χ3n) is 5.22. The van der Waals surface area contributed by atoms with E-state index in [0.29, 0.717) is 18.8 Å². The van der Waals surface area contributed by atoms with Gasteiger partial charge in [0.2, 0.25) is 0 Å². The van der Waals surface area contributed by atoms with Gasteiger partial charge in [0.25, 0.3) is 5.91 Å². The summed E-state index contributed by atoms with van der Waals surface area (Å²) in [6, 6.07) is 14.7. The zero-order chi connectivity index (χ0) is 15.9. The second-order valence-corrected chi connectivity index (χ2v) is 6.45. The second kappa shape index (κ2) is 5.37. The lowest BCUT2D eigenvalue weighted by molar-refractivity contribution is 0.0676. The Bertz CT molecular complexity index is 736. The number of benzene rings is 2. The van der Waals surface area contributed by atoms with Gasteiger partial charge >= 0.3 is 0 Å². The third kappa shape index (κ3) is 2.29. The van der Waals surface area contributed by atoms with Crippen molar-refractivity contribution in [3.05, 3.63) is 65.5 Å². The molecule has 2 aromatic rings. The maximum absolute atomic E-state index is 13.9. The van der Waals surface area contributed by atoms with Gasteiger partial charge in [-0.2, -0.15) is 0 Å². The molecule has 118 valence electrons. The van der Waals surface area contributed by atoms with Crippen molar-refractivity contribution in [3.8, 4) is 0 Å². The van der Waals surface area contributed by atoms with Crippen molar-refractivity contribution in [2.75, 3.05) is 25.0 Å². The van der Waals surface area contributed by atoms with E-state index in [0.717, 1.165) is 30.5 Å². The van der Waals surface area contributed by atoms with E-state index in [-0.39, 0.29) is 17.1 Å². The average Bonchev–Trinajstić information content (AvgIpc) is 2.96. The lowest BCUT2D eigenvalue weighted by Crippen LogP contribution is -2.46. The van der Waals surface area contributed by atoms with Crippen LogP contribution in [0.25, 0.3) is 0 Å². The van der Waals surface area contributed by atoms with E-state index in [2.05, 4.69) is 5.32 Å². The number of nitrogens with one attached hydrogen (secondary N) is 1. The minimum Gasteiger partial charge on any atom is -0.382 e. The molecule has 1 spiro atoms. The van der Waals surface area contributed by atoms with Gasteiger partial charge in [0, 0.05) is 30.6 Å². The molecule has 1 N–H and O–H groups in total. The highest BCUT2D eigenvalue weighted by Gasteiger charge is 2.43. The molecule has 23 heavy (non-hydrogen) atoms. The molecule has 1 saturated heterocycles. The number of nitrogens with zero attached hydrogens (tertiary/aromatic N) is 1. The number of anilines is 1. The first-order valence-electron chi connectivity index (χ1n) is 8.07. The van der Waals surface area contributed by atoms with Crippen molar-refractivity contribution in [1.29, 1.82) is 0 Å². The predicted octanol–water partition coefficient (Wildman–Crippen LogP) is 3.43. The minimum atomic E-state index is -0.179. The molecule has 0 unspecified atom stereocenters. The molecule has 0 saturated carbocycles. The first kappa shape index (κ1) is 14.2. The number of rotatable bonds is 1. The number of carbonyl (C=O) groups is 1. The van der Waals surface area contributed by atoms with Crippen LogP contribution < -0.4 is 5.32 Å². The van der Waals surface area contributed by atoms with Crippen LogP contribution in [0.3, 0.4) is 0 Å². The fourth-order valence-corrected chi connectivity index (χ4v) is 3.85. The first-order chi connectivity index (χ1) is 11.2. The lowest BCUT2D eigenvalue weighted by atomic mass is 9.74. The van der Waals surface area contributed by atoms with Gasteiger partial charge in [-0.3, -0.25) is 4.79 Å². The molecule has 2 heterocycles. The molecule has 3 nitrogen and oxygen atoms in total. The molecule has 2 aliphatic rings. The molecule has 4 heteroatoms. The second-order valence-electron chi connectivity index (χ2n) is 6.45. The zero-order valence-corrected chi connectivity index (χ0v) is 12.9. The average molecular weight is 310 g/mol. The minimum absolute atomic E-state index is 0.0368. The topological polar surface area (TPSA) is 32.3 Å². The number of hydrogen-bond donors (Lipinski definition) is 1. The Kier molecular flexibility index (Phi) is 3.33. The van der Waals surface area contributed by atoms with Gasteiger partial charge < -0.3 is 10.2 Å². The standard InChI is InChI=1S/C19H19FN2O/c20-16-8-4-7-15-17(16)21-13-19(15)9-11-22(12-10-19)18(23)14-5-2-1-3-6-14/h1-8,21H,9-13H2. The Balaban J connectivity index is 1.53. The number of likely N-dealkylation sites (tertiary alicyclic amines) is 1. The van der Waals surface area contributed by atoms with E-state index in [1.807, 2.05) is 41.3 Å². The van der Waals surface area contributed by atoms with E-state index < -0.39 is 0 Å². The molecule has 0 radical (unpaired) electrons. The summed E-state index contributed by atoms with van der Waals surface area (Å²) >= 11 is 0. The smallest absolute Gasteiger partial charge is 0.253 e. The molecule has 1 fully saturated rings. The normalized spacial score (nSPS) is 18.6. The number of amides is 1. The molecule has 0 aromatic heterocycles. The molecule has 0 bridgehead atoms. The summed E-state index contributed by atoms with van der Waals surface area (Å²) in [6.07, 6.45) is 1.74. The molecular formula is C19H19FN2O. The first-order valence-corrected chi connectivity index (χ1v) is 8.07. The van der Waals surface area contributed by atoms with Crippen molar-refractivity contribution in [1.82, 2.24) is 4.90 Å². The monoisotopic (exact) mass is 310 g/mol. The van der Waals surface area contributed by atoms with Crippen molar-refractivity contribution < 1.29 is 9.18 Å². The number of carbonyl (C=O) groups excluding carboxylic acids is 1. The van der Waals surface area contributed by atoms with E-state index in [4.69, 9.17) is 0 Å². The Morgan fingerprint density at radius 3 is 2.52 bits per heavy atom. The number of hydrogen-bond acceptors (Lipinski definition) is 2. The van der Waals surface area contributed by atoms with Crippen molar-refractivity contribution in [2.45, 2.75) is 18.3 Å². The molecule has 0 atom stereocenters. The fraction of sp³-hybridized carbons (Fsp3) is 0.316. The van der Waals surface area contributed by atoms with Gasteiger partial charge in [-0.25, -0.2) is 4.39 Å². The Morgan fingerprint density at radius 2 is 1.78 bits per heavy atom. The van der Waals surface area contributed by atoms with Crippen LogP contribution in [0.1, 0.15) is 28.8 Å². The van der Waals surface area contributed by atoms with Crippen LogP contribution in [0.2, 0.25) is 0 Å². The molecule has 2 aliphatic heterocycles. The van der Waals surface area contributed by atoms with Crippen LogP contribution in [0, 0.1) is 5.82 Å². The number of para-hydroxylation sites is 1. The quantitative estimate of drug-likeness (QED) is 0.875. The molecule has 0 aliphatic carbocycles. The van der Waals surface area contributed by atoms with Crippen LogP contribution in [-0.4, -0.2) is 30.4 Å².